The lowest BCUT2D eigenvalue weighted by atomic mass is 10.2. The topological polar surface area (TPSA) is 15.3 Å². The minimum atomic E-state index is -0.779. The van der Waals surface area contributed by atoms with Gasteiger partial charge in [-0.05, 0) is 31.2 Å². The molecule has 1 unspecified atom stereocenters. The molecule has 0 spiro atoms. The van der Waals surface area contributed by atoms with E-state index in [2.05, 4.69) is 10.2 Å². The summed E-state index contributed by atoms with van der Waals surface area (Å²) < 4.78 is 25.7. The van der Waals surface area contributed by atoms with Crippen molar-refractivity contribution in [2.75, 3.05) is 20.1 Å². The molecule has 1 aromatic carbocycles. The van der Waals surface area contributed by atoms with E-state index in [9.17, 15) is 8.78 Å². The summed E-state index contributed by atoms with van der Waals surface area (Å²) in [6.07, 6.45) is 1.11. The molecule has 4 heteroatoms. The lowest BCUT2D eigenvalue weighted by molar-refractivity contribution is 0.321. The lowest BCUT2D eigenvalue weighted by Crippen LogP contribution is -2.29. The molecule has 1 heterocycles. The molecule has 0 radical (unpaired) electrons. The molecule has 1 aliphatic rings. The molecule has 0 bridgehead atoms. The predicted molar refractivity (Wildman–Crippen MR) is 59.1 cm³/mol. The second kappa shape index (κ2) is 4.89. The van der Waals surface area contributed by atoms with E-state index in [-0.39, 0.29) is 0 Å². The van der Waals surface area contributed by atoms with Gasteiger partial charge in [0.25, 0.3) is 0 Å². The van der Waals surface area contributed by atoms with Crippen LogP contribution in [0.25, 0.3) is 0 Å². The summed E-state index contributed by atoms with van der Waals surface area (Å²) in [5, 5.41) is 3.22. The van der Waals surface area contributed by atoms with Gasteiger partial charge >= 0.3 is 0 Å². The van der Waals surface area contributed by atoms with E-state index in [1.54, 1.807) is 6.07 Å². The zero-order valence-electron chi connectivity index (χ0n) is 9.34. The third kappa shape index (κ3) is 2.57. The third-order valence-electron chi connectivity index (χ3n) is 3.07. The predicted octanol–water partition coefficient (Wildman–Crippen LogP) is 1.76. The molecule has 1 fully saturated rings. The fourth-order valence-corrected chi connectivity index (χ4v) is 2.11. The number of likely N-dealkylation sites (N-methyl/N-ethyl adjacent to an activating group) is 1. The van der Waals surface area contributed by atoms with Crippen LogP contribution in [-0.4, -0.2) is 31.1 Å². The van der Waals surface area contributed by atoms with Crippen LogP contribution in [0.1, 0.15) is 12.0 Å². The van der Waals surface area contributed by atoms with E-state index in [1.165, 1.54) is 12.1 Å². The van der Waals surface area contributed by atoms with E-state index < -0.39 is 11.6 Å². The molecule has 1 N–H and O–H groups in total. The molecular weight excluding hydrogens is 210 g/mol. The molecule has 0 aliphatic carbocycles. The van der Waals surface area contributed by atoms with Gasteiger partial charge in [0.1, 0.15) is 0 Å². The number of halogens is 2. The highest BCUT2D eigenvalue weighted by molar-refractivity contribution is 5.17. The van der Waals surface area contributed by atoms with Gasteiger partial charge < -0.3 is 5.32 Å². The van der Waals surface area contributed by atoms with Crippen LogP contribution >= 0.6 is 0 Å². The first-order chi connectivity index (χ1) is 7.69. The van der Waals surface area contributed by atoms with Crippen LogP contribution in [0, 0.1) is 11.6 Å². The van der Waals surface area contributed by atoms with Crippen molar-refractivity contribution in [3.8, 4) is 0 Å². The fourth-order valence-electron chi connectivity index (χ4n) is 2.11. The number of hydrogen-bond acceptors (Lipinski definition) is 2. The van der Waals surface area contributed by atoms with E-state index >= 15 is 0 Å². The average molecular weight is 226 g/mol. The van der Waals surface area contributed by atoms with Crippen LogP contribution in [-0.2, 0) is 6.54 Å². The second-order valence-electron chi connectivity index (χ2n) is 4.26. The first-order valence-electron chi connectivity index (χ1n) is 5.52. The highest BCUT2D eigenvalue weighted by atomic mass is 19.2. The summed E-state index contributed by atoms with van der Waals surface area (Å²) in [7, 11) is 1.95. The number of nitrogens with zero attached hydrogens (tertiary/aromatic N) is 1. The van der Waals surface area contributed by atoms with Crippen molar-refractivity contribution in [2.24, 2.45) is 0 Å². The Hall–Kier alpha value is -1.00. The summed E-state index contributed by atoms with van der Waals surface area (Å²) in [6, 6.07) is 4.63. The zero-order chi connectivity index (χ0) is 11.5. The number of benzene rings is 1. The van der Waals surface area contributed by atoms with Crippen LogP contribution < -0.4 is 5.32 Å². The SMILES string of the molecule is CNC1CCN(Cc2ccc(F)c(F)c2)C1. The Bertz CT molecular complexity index is 368. The molecule has 1 atom stereocenters. The van der Waals surface area contributed by atoms with E-state index in [0.717, 1.165) is 25.1 Å². The first-order valence-corrected chi connectivity index (χ1v) is 5.52. The van der Waals surface area contributed by atoms with Crippen molar-refractivity contribution >= 4 is 0 Å². The monoisotopic (exact) mass is 226 g/mol. The molecule has 88 valence electrons. The molecule has 1 aliphatic heterocycles. The normalized spacial score (nSPS) is 21.6. The average Bonchev–Trinajstić information content (AvgIpc) is 2.71. The smallest absolute Gasteiger partial charge is 0.159 e. The van der Waals surface area contributed by atoms with Gasteiger partial charge in [0.2, 0.25) is 0 Å². The summed E-state index contributed by atoms with van der Waals surface area (Å²) in [5.74, 6) is -1.54. The molecule has 2 rings (SSSR count). The molecule has 16 heavy (non-hydrogen) atoms. The molecular formula is C12H16F2N2. The molecule has 1 aromatic rings. The summed E-state index contributed by atoms with van der Waals surface area (Å²) in [6.45, 7) is 2.66. The third-order valence-corrected chi connectivity index (χ3v) is 3.07. The fraction of sp³-hybridized carbons (Fsp3) is 0.500. The maximum atomic E-state index is 13.0. The summed E-state index contributed by atoms with van der Waals surface area (Å²) in [4.78, 5) is 2.24. The van der Waals surface area contributed by atoms with Gasteiger partial charge in [0.15, 0.2) is 11.6 Å². The Morgan fingerprint density at radius 3 is 2.81 bits per heavy atom. The Balaban J connectivity index is 1.97. The van der Waals surface area contributed by atoms with Crippen molar-refractivity contribution in [1.82, 2.24) is 10.2 Å². The Morgan fingerprint density at radius 1 is 1.38 bits per heavy atom. The van der Waals surface area contributed by atoms with Crippen LogP contribution in [0.2, 0.25) is 0 Å². The zero-order valence-corrected chi connectivity index (χ0v) is 9.34. The van der Waals surface area contributed by atoms with Crippen molar-refractivity contribution in [2.45, 2.75) is 19.0 Å². The standard InChI is InChI=1S/C12H16F2N2/c1-15-10-4-5-16(8-10)7-9-2-3-11(13)12(14)6-9/h2-3,6,10,15H,4-5,7-8H2,1H3. The van der Waals surface area contributed by atoms with Gasteiger partial charge in [-0.3, -0.25) is 4.90 Å². The molecule has 1 saturated heterocycles. The van der Waals surface area contributed by atoms with Crippen LogP contribution in [0.3, 0.4) is 0 Å². The van der Waals surface area contributed by atoms with Gasteiger partial charge in [-0.25, -0.2) is 8.78 Å². The molecule has 0 amide bonds. The highest BCUT2D eigenvalue weighted by Gasteiger charge is 2.20. The van der Waals surface area contributed by atoms with Crippen molar-refractivity contribution < 1.29 is 8.78 Å². The van der Waals surface area contributed by atoms with Crippen molar-refractivity contribution in [1.29, 1.82) is 0 Å². The Morgan fingerprint density at radius 2 is 2.19 bits per heavy atom. The van der Waals surface area contributed by atoms with E-state index in [0.29, 0.717) is 12.6 Å². The maximum absolute atomic E-state index is 13.0. The highest BCUT2D eigenvalue weighted by Crippen LogP contribution is 2.15. The van der Waals surface area contributed by atoms with Gasteiger partial charge in [-0.1, -0.05) is 6.07 Å². The van der Waals surface area contributed by atoms with Crippen molar-refractivity contribution in [3.63, 3.8) is 0 Å². The Labute approximate surface area is 94.3 Å². The quantitative estimate of drug-likeness (QED) is 0.844. The van der Waals surface area contributed by atoms with Crippen LogP contribution in [0.15, 0.2) is 18.2 Å². The maximum Gasteiger partial charge on any atom is 0.159 e. The molecule has 2 nitrogen and oxygen atoms in total. The minimum absolute atomic E-state index is 0.519. The minimum Gasteiger partial charge on any atom is -0.316 e. The van der Waals surface area contributed by atoms with Gasteiger partial charge in [0, 0.05) is 25.7 Å². The molecule has 0 saturated carbocycles. The summed E-state index contributed by atoms with van der Waals surface area (Å²) >= 11 is 0. The van der Waals surface area contributed by atoms with Crippen LogP contribution in [0.5, 0.6) is 0 Å². The number of likely N-dealkylation sites (tertiary alicyclic amines) is 1. The van der Waals surface area contributed by atoms with Gasteiger partial charge in [-0.15, -0.1) is 0 Å². The first kappa shape index (κ1) is 11.5. The van der Waals surface area contributed by atoms with Crippen LogP contribution in [0.4, 0.5) is 8.78 Å². The number of nitrogens with one attached hydrogen (secondary N) is 1. The number of rotatable bonds is 3. The largest absolute Gasteiger partial charge is 0.316 e. The van der Waals surface area contributed by atoms with Crippen molar-refractivity contribution in [3.05, 3.63) is 35.4 Å². The Kier molecular flexibility index (Phi) is 3.51. The van der Waals surface area contributed by atoms with Gasteiger partial charge in [0.05, 0.1) is 0 Å². The molecule has 0 aromatic heterocycles. The lowest BCUT2D eigenvalue weighted by Gasteiger charge is -2.15. The second-order valence-corrected chi connectivity index (χ2v) is 4.26. The van der Waals surface area contributed by atoms with E-state index in [4.69, 9.17) is 0 Å². The number of hydrogen-bond donors (Lipinski definition) is 1. The summed E-state index contributed by atoms with van der Waals surface area (Å²) in [5.41, 5.74) is 0.829. The van der Waals surface area contributed by atoms with Gasteiger partial charge in [-0.2, -0.15) is 0 Å². The van der Waals surface area contributed by atoms with E-state index in [1.807, 2.05) is 7.05 Å².